The van der Waals surface area contributed by atoms with Gasteiger partial charge in [0.15, 0.2) is 6.04 Å². The van der Waals surface area contributed by atoms with E-state index in [1.165, 1.54) is 0 Å². The summed E-state index contributed by atoms with van der Waals surface area (Å²) in [6.45, 7) is -0.110. The normalized spacial score (nSPS) is 22.7. The summed E-state index contributed by atoms with van der Waals surface area (Å²) < 4.78 is 151. The quantitative estimate of drug-likeness (QED) is 0.455. The van der Waals surface area contributed by atoms with Crippen molar-refractivity contribution in [3.63, 3.8) is 0 Å². The molecule has 4 unspecified atom stereocenters. The Hall–Kier alpha value is -0.850. The Kier molecular flexibility index (Phi) is 8.22. The van der Waals surface area contributed by atoms with Gasteiger partial charge in [0.2, 0.25) is 0 Å². The largest absolute Gasteiger partial charge is 0.425 e. The minimum atomic E-state index is -6.01. The molecule has 1 fully saturated rings. The van der Waals surface area contributed by atoms with Crippen LogP contribution in [0.4, 0.5) is 48.3 Å². The van der Waals surface area contributed by atoms with Crippen LogP contribution in [0.25, 0.3) is 0 Å². The Morgan fingerprint density at radius 3 is 1.45 bits per heavy atom. The third-order valence-electron chi connectivity index (χ3n) is 4.80. The summed E-state index contributed by atoms with van der Waals surface area (Å²) in [4.78, 5) is 0.476. The van der Waals surface area contributed by atoms with Crippen LogP contribution in [0.3, 0.4) is 0 Å². The van der Waals surface area contributed by atoms with Crippen molar-refractivity contribution in [2.75, 3.05) is 13.1 Å². The molecule has 4 atom stereocenters. The highest BCUT2D eigenvalue weighted by Crippen LogP contribution is 2.43. The van der Waals surface area contributed by atoms with E-state index in [2.05, 4.69) is 4.74 Å². The highest BCUT2D eigenvalue weighted by atomic mass is 19.4. The number of hydrogen-bond donors (Lipinski definition) is 0. The van der Waals surface area contributed by atoms with Gasteiger partial charge in [0, 0.05) is 0 Å². The van der Waals surface area contributed by atoms with Crippen LogP contribution in [0.15, 0.2) is 0 Å². The lowest BCUT2D eigenvalue weighted by atomic mass is 10.0. The highest BCUT2D eigenvalue weighted by molar-refractivity contribution is 4.97. The number of alkyl halides is 11. The minimum Gasteiger partial charge on any atom is -0.363 e. The number of nitrogens with zero attached hydrogens (tertiary/aromatic N) is 1. The predicted molar refractivity (Wildman–Crippen MR) is 80.7 cm³/mol. The van der Waals surface area contributed by atoms with Crippen LogP contribution >= 0.6 is 0 Å². The van der Waals surface area contributed by atoms with Crippen LogP contribution < -0.4 is 0 Å². The van der Waals surface area contributed by atoms with Gasteiger partial charge in [0.25, 0.3) is 12.1 Å². The molecule has 1 aliphatic heterocycles. The molecule has 0 aromatic rings. The Morgan fingerprint density at radius 2 is 1.07 bits per heavy atom. The summed E-state index contributed by atoms with van der Waals surface area (Å²) in [5.74, 6) is -10.1. The molecule has 0 amide bonds. The maximum atomic E-state index is 14.6. The first-order valence-electron chi connectivity index (χ1n) is 8.86. The van der Waals surface area contributed by atoms with Gasteiger partial charge >= 0.3 is 18.3 Å². The second kappa shape index (κ2) is 9.11. The van der Waals surface area contributed by atoms with Crippen LogP contribution in [0.5, 0.6) is 0 Å². The number of ether oxygens (including phenoxy) is 1. The first kappa shape index (κ1) is 26.2. The zero-order chi connectivity index (χ0) is 22.8. The van der Waals surface area contributed by atoms with Gasteiger partial charge in [0.1, 0.15) is 12.2 Å². The van der Waals surface area contributed by atoms with E-state index >= 15 is 0 Å². The number of likely N-dealkylation sites (tertiary alicyclic amines) is 1. The molecule has 0 saturated carbocycles. The third-order valence-corrected chi connectivity index (χ3v) is 4.80. The van der Waals surface area contributed by atoms with E-state index in [0.29, 0.717) is 24.7 Å². The van der Waals surface area contributed by atoms with Crippen molar-refractivity contribution in [3.05, 3.63) is 0 Å². The van der Waals surface area contributed by atoms with Crippen molar-refractivity contribution in [1.29, 1.82) is 0 Å². The van der Waals surface area contributed by atoms with Crippen LogP contribution in [-0.4, -0.2) is 66.6 Å². The zero-order valence-electron chi connectivity index (χ0n) is 15.6. The van der Waals surface area contributed by atoms with Crippen molar-refractivity contribution >= 4 is 0 Å². The molecule has 0 aromatic carbocycles. The Labute approximate surface area is 160 Å². The minimum absolute atomic E-state index is 0.194. The molecule has 1 heterocycles. The van der Waals surface area contributed by atoms with Gasteiger partial charge in [-0.3, -0.25) is 4.90 Å². The molecule has 13 heteroatoms. The van der Waals surface area contributed by atoms with Crippen molar-refractivity contribution in [3.8, 4) is 0 Å². The van der Waals surface area contributed by atoms with Crippen molar-refractivity contribution < 1.29 is 53.0 Å². The smallest absolute Gasteiger partial charge is 0.363 e. The fourth-order valence-corrected chi connectivity index (χ4v) is 3.16. The van der Waals surface area contributed by atoms with Crippen molar-refractivity contribution in [2.24, 2.45) is 0 Å². The second-order valence-electron chi connectivity index (χ2n) is 7.07. The second-order valence-corrected chi connectivity index (χ2v) is 7.07. The molecule has 1 aliphatic rings. The molecule has 174 valence electrons. The van der Waals surface area contributed by atoms with Gasteiger partial charge in [-0.25, -0.2) is 22.0 Å². The van der Waals surface area contributed by atoms with Crippen LogP contribution in [-0.2, 0) is 4.74 Å². The number of hydrogen-bond acceptors (Lipinski definition) is 2. The molecular weight excluding hydrogens is 431 g/mol. The van der Waals surface area contributed by atoms with E-state index < -0.39 is 48.6 Å². The zero-order valence-corrected chi connectivity index (χ0v) is 15.6. The lowest BCUT2D eigenvalue weighted by Gasteiger charge is -2.40. The Balaban J connectivity index is 3.07. The molecule has 0 spiro atoms. The molecule has 29 heavy (non-hydrogen) atoms. The highest BCUT2D eigenvalue weighted by Gasteiger charge is 2.64. The maximum absolute atomic E-state index is 14.6. The van der Waals surface area contributed by atoms with E-state index in [0.717, 1.165) is 0 Å². The summed E-state index contributed by atoms with van der Waals surface area (Å²) in [5.41, 5.74) is 0. The third kappa shape index (κ3) is 6.31. The number of halogens is 11. The first-order valence-corrected chi connectivity index (χ1v) is 8.86. The molecule has 0 radical (unpaired) electrons. The van der Waals surface area contributed by atoms with Crippen LogP contribution in [0.2, 0.25) is 0 Å². The van der Waals surface area contributed by atoms with Gasteiger partial charge in [-0.15, -0.1) is 0 Å². The molecule has 0 aromatic heterocycles. The average molecular weight is 453 g/mol. The molecule has 0 bridgehead atoms. The molecule has 2 nitrogen and oxygen atoms in total. The van der Waals surface area contributed by atoms with Crippen molar-refractivity contribution in [2.45, 2.75) is 88.1 Å². The summed E-state index contributed by atoms with van der Waals surface area (Å²) in [7, 11) is 0. The lowest BCUT2D eigenvalue weighted by molar-refractivity contribution is -0.303. The van der Waals surface area contributed by atoms with E-state index in [1.54, 1.807) is 0 Å². The maximum Gasteiger partial charge on any atom is 0.425 e. The molecule has 0 aliphatic carbocycles. The summed E-state index contributed by atoms with van der Waals surface area (Å²) in [6.07, 6.45) is -20.6. The molecule has 1 saturated heterocycles. The van der Waals surface area contributed by atoms with Gasteiger partial charge in [0.05, 0.1) is 0 Å². The Bertz CT molecular complexity index is 512. The fourth-order valence-electron chi connectivity index (χ4n) is 3.16. The lowest BCUT2D eigenvalue weighted by Crippen LogP contribution is -2.62. The standard InChI is InChI=1S/C16H22F11NO/c1-9(13(18,19)11(17)15(22,23)24)29-10(2)14(20,21)12(16(25,26)27)28-7-5-3-4-6-8-28/h9-12H,3-8H2,1-2H3. The van der Waals surface area contributed by atoms with E-state index in [-0.39, 0.29) is 32.9 Å². The van der Waals surface area contributed by atoms with E-state index in [1.807, 2.05) is 0 Å². The number of rotatable bonds is 7. The molecule has 0 N–H and O–H groups in total. The summed E-state index contributed by atoms with van der Waals surface area (Å²) in [5, 5.41) is 0. The predicted octanol–water partition coefficient (Wildman–Crippen LogP) is 5.76. The molecular formula is C16H22F11NO. The van der Waals surface area contributed by atoms with E-state index in [4.69, 9.17) is 0 Å². The SMILES string of the molecule is CC(OC(C)C(F)(F)C(N1CCCCCC1)C(F)(F)F)C(F)(F)C(F)C(F)(F)F. The van der Waals surface area contributed by atoms with Crippen molar-refractivity contribution in [1.82, 2.24) is 4.90 Å². The monoisotopic (exact) mass is 453 g/mol. The van der Waals surface area contributed by atoms with Crippen LogP contribution in [0.1, 0.15) is 39.5 Å². The van der Waals surface area contributed by atoms with Gasteiger partial charge in [-0.05, 0) is 39.8 Å². The summed E-state index contributed by atoms with van der Waals surface area (Å²) >= 11 is 0. The van der Waals surface area contributed by atoms with Crippen LogP contribution in [0, 0.1) is 0 Å². The topological polar surface area (TPSA) is 12.5 Å². The van der Waals surface area contributed by atoms with Gasteiger partial charge < -0.3 is 4.74 Å². The van der Waals surface area contributed by atoms with Gasteiger partial charge in [-0.1, -0.05) is 12.8 Å². The first-order chi connectivity index (χ1) is 12.9. The average Bonchev–Trinajstić information content (AvgIpc) is 2.80. The summed E-state index contributed by atoms with van der Waals surface area (Å²) in [6, 6.07) is -3.38. The van der Waals surface area contributed by atoms with E-state index in [9.17, 15) is 48.3 Å². The Morgan fingerprint density at radius 1 is 0.655 bits per heavy atom. The fraction of sp³-hybridized carbons (Fsp3) is 1.00. The molecule has 1 rings (SSSR count). The van der Waals surface area contributed by atoms with Gasteiger partial charge in [-0.2, -0.15) is 26.3 Å².